The van der Waals surface area contributed by atoms with Crippen molar-refractivity contribution in [2.24, 2.45) is 0 Å². The second-order valence-electron chi connectivity index (χ2n) is 4.77. The van der Waals surface area contributed by atoms with Crippen LogP contribution in [-0.2, 0) is 0 Å². The normalized spacial score (nSPS) is 11.4. The highest BCUT2D eigenvalue weighted by Crippen LogP contribution is 2.36. The number of benzene rings is 1. The van der Waals surface area contributed by atoms with Crippen LogP contribution >= 0.6 is 0 Å². The van der Waals surface area contributed by atoms with Crippen LogP contribution in [-0.4, -0.2) is 12.0 Å². The zero-order valence-electron chi connectivity index (χ0n) is 11.2. The fraction of sp³-hybridized carbons (Fsp3) is 0.357. The van der Waals surface area contributed by atoms with Gasteiger partial charge in [0.05, 0.1) is 11.1 Å². The van der Waals surface area contributed by atoms with Gasteiger partial charge in [0.1, 0.15) is 5.52 Å². The quantitative estimate of drug-likeness (QED) is 0.828. The summed E-state index contributed by atoms with van der Waals surface area (Å²) in [5.41, 5.74) is 1.62. The van der Waals surface area contributed by atoms with Crippen molar-refractivity contribution in [2.75, 3.05) is 12.4 Å². The molecule has 0 bridgehead atoms. The van der Waals surface area contributed by atoms with Crippen LogP contribution < -0.4 is 5.32 Å². The number of hydrogen-bond donors (Lipinski definition) is 1. The lowest BCUT2D eigenvalue weighted by Gasteiger charge is -2.18. The van der Waals surface area contributed by atoms with E-state index in [-0.39, 0.29) is 16.8 Å². The third-order valence-corrected chi connectivity index (χ3v) is 3.16. The zero-order chi connectivity index (χ0) is 14.3. The lowest BCUT2D eigenvalue weighted by molar-refractivity contribution is 0.505. The van der Waals surface area contributed by atoms with E-state index in [0.717, 1.165) is 5.56 Å². The van der Waals surface area contributed by atoms with Crippen molar-refractivity contribution in [3.8, 4) is 0 Å². The van der Waals surface area contributed by atoms with Gasteiger partial charge in [0, 0.05) is 18.8 Å². The predicted octanol–water partition coefficient (Wildman–Crippen LogP) is 4.13. The summed E-state index contributed by atoms with van der Waals surface area (Å²) in [6, 6.07) is 0.526. The van der Waals surface area contributed by atoms with Crippen molar-refractivity contribution in [3.63, 3.8) is 0 Å². The Balaban J connectivity index is 3.04. The van der Waals surface area contributed by atoms with Crippen LogP contribution in [0.2, 0.25) is 0 Å². The van der Waals surface area contributed by atoms with Crippen LogP contribution in [0, 0.1) is 24.4 Å². The van der Waals surface area contributed by atoms with Gasteiger partial charge in [0.2, 0.25) is 0 Å². The van der Waals surface area contributed by atoms with Gasteiger partial charge in [-0.1, -0.05) is 13.8 Å². The third-order valence-electron chi connectivity index (χ3n) is 3.16. The van der Waals surface area contributed by atoms with Crippen molar-refractivity contribution >= 4 is 16.6 Å². The van der Waals surface area contributed by atoms with Crippen LogP contribution in [0.3, 0.4) is 0 Å². The van der Waals surface area contributed by atoms with Gasteiger partial charge in [-0.05, 0) is 18.4 Å². The van der Waals surface area contributed by atoms with Gasteiger partial charge in [-0.25, -0.2) is 18.2 Å². The standard InChI is InChI=1S/C14H15F3N2/c1-6(2)10-7(3)19-13-9(16)5-8(15)12(17)11(13)14(10)18-4/h5-6H,1-4H3,(H,18,19). The Morgan fingerprint density at radius 1 is 1.16 bits per heavy atom. The van der Waals surface area contributed by atoms with Crippen LogP contribution in [0.1, 0.15) is 31.0 Å². The summed E-state index contributed by atoms with van der Waals surface area (Å²) in [7, 11) is 1.60. The van der Waals surface area contributed by atoms with E-state index in [1.54, 1.807) is 14.0 Å². The van der Waals surface area contributed by atoms with E-state index in [1.165, 1.54) is 0 Å². The largest absolute Gasteiger partial charge is 0.387 e. The molecule has 2 rings (SSSR count). The van der Waals surface area contributed by atoms with E-state index < -0.39 is 17.5 Å². The molecule has 0 atom stereocenters. The number of anilines is 1. The average Bonchev–Trinajstić information content (AvgIpc) is 2.34. The van der Waals surface area contributed by atoms with Gasteiger partial charge in [-0.15, -0.1) is 0 Å². The minimum Gasteiger partial charge on any atom is -0.387 e. The molecule has 0 aliphatic carbocycles. The van der Waals surface area contributed by atoms with Crippen LogP contribution in [0.25, 0.3) is 10.9 Å². The Morgan fingerprint density at radius 3 is 2.32 bits per heavy atom. The first kappa shape index (κ1) is 13.6. The lowest BCUT2D eigenvalue weighted by atomic mass is 9.96. The lowest BCUT2D eigenvalue weighted by Crippen LogP contribution is -2.06. The first-order valence-electron chi connectivity index (χ1n) is 6.03. The molecule has 0 saturated heterocycles. The molecule has 0 aliphatic rings. The molecule has 2 aromatic rings. The number of nitrogens with one attached hydrogen (secondary N) is 1. The number of halogens is 3. The van der Waals surface area contributed by atoms with E-state index in [1.807, 2.05) is 13.8 Å². The molecule has 0 amide bonds. The number of aromatic nitrogens is 1. The third kappa shape index (κ3) is 2.03. The fourth-order valence-corrected chi connectivity index (χ4v) is 2.43. The molecular formula is C14H15F3N2. The SMILES string of the molecule is CNc1c(C(C)C)c(C)nc2c(F)cc(F)c(F)c12. The van der Waals surface area contributed by atoms with E-state index in [9.17, 15) is 13.2 Å². The molecule has 1 aromatic heterocycles. The molecule has 0 unspecified atom stereocenters. The molecule has 0 saturated carbocycles. The van der Waals surface area contributed by atoms with E-state index >= 15 is 0 Å². The smallest absolute Gasteiger partial charge is 0.170 e. The maximum atomic E-state index is 14.0. The van der Waals surface area contributed by atoms with E-state index in [2.05, 4.69) is 10.3 Å². The van der Waals surface area contributed by atoms with Gasteiger partial charge in [-0.3, -0.25) is 0 Å². The summed E-state index contributed by atoms with van der Waals surface area (Å²) in [5.74, 6) is -3.08. The van der Waals surface area contributed by atoms with Gasteiger partial charge in [-0.2, -0.15) is 0 Å². The number of pyridine rings is 1. The summed E-state index contributed by atoms with van der Waals surface area (Å²) in [6.45, 7) is 5.57. The summed E-state index contributed by atoms with van der Waals surface area (Å²) in [5, 5.41) is 2.71. The summed E-state index contributed by atoms with van der Waals surface area (Å²) < 4.78 is 41.1. The summed E-state index contributed by atoms with van der Waals surface area (Å²) >= 11 is 0. The molecule has 0 aliphatic heterocycles. The molecular weight excluding hydrogens is 253 g/mol. The predicted molar refractivity (Wildman–Crippen MR) is 70.0 cm³/mol. The Bertz CT molecular complexity index is 651. The molecule has 1 N–H and O–H groups in total. The highest BCUT2D eigenvalue weighted by molar-refractivity contribution is 5.94. The van der Waals surface area contributed by atoms with Crippen molar-refractivity contribution < 1.29 is 13.2 Å². The van der Waals surface area contributed by atoms with Crippen LogP contribution in [0.5, 0.6) is 0 Å². The van der Waals surface area contributed by atoms with Crippen molar-refractivity contribution in [3.05, 3.63) is 34.8 Å². The average molecular weight is 268 g/mol. The monoisotopic (exact) mass is 268 g/mol. The zero-order valence-corrected chi connectivity index (χ0v) is 11.2. The molecule has 19 heavy (non-hydrogen) atoms. The highest BCUT2D eigenvalue weighted by atomic mass is 19.2. The van der Waals surface area contributed by atoms with Crippen LogP contribution in [0.15, 0.2) is 6.07 Å². The first-order valence-corrected chi connectivity index (χ1v) is 6.03. The number of aryl methyl sites for hydroxylation is 1. The number of nitrogens with zero attached hydrogens (tertiary/aromatic N) is 1. The highest BCUT2D eigenvalue weighted by Gasteiger charge is 2.22. The van der Waals surface area contributed by atoms with Crippen molar-refractivity contribution in [1.29, 1.82) is 0 Å². The van der Waals surface area contributed by atoms with E-state index in [0.29, 0.717) is 17.4 Å². The van der Waals surface area contributed by atoms with Gasteiger partial charge in [0.25, 0.3) is 0 Å². The second-order valence-corrected chi connectivity index (χ2v) is 4.77. The molecule has 5 heteroatoms. The molecule has 0 spiro atoms. The maximum Gasteiger partial charge on any atom is 0.170 e. The minimum absolute atomic E-state index is 0.0603. The molecule has 0 fully saturated rings. The summed E-state index contributed by atoms with van der Waals surface area (Å²) in [6.07, 6.45) is 0. The van der Waals surface area contributed by atoms with Gasteiger partial charge < -0.3 is 5.32 Å². The van der Waals surface area contributed by atoms with Crippen molar-refractivity contribution in [2.45, 2.75) is 26.7 Å². The van der Waals surface area contributed by atoms with Crippen LogP contribution in [0.4, 0.5) is 18.9 Å². The number of hydrogen-bond acceptors (Lipinski definition) is 2. The molecule has 1 aromatic carbocycles. The fourth-order valence-electron chi connectivity index (χ4n) is 2.43. The molecule has 102 valence electrons. The first-order chi connectivity index (χ1) is 8.88. The topological polar surface area (TPSA) is 24.9 Å². The maximum absolute atomic E-state index is 14.0. The van der Waals surface area contributed by atoms with Crippen molar-refractivity contribution in [1.82, 2.24) is 4.98 Å². The molecule has 2 nitrogen and oxygen atoms in total. The van der Waals surface area contributed by atoms with E-state index in [4.69, 9.17) is 0 Å². The van der Waals surface area contributed by atoms with Gasteiger partial charge >= 0.3 is 0 Å². The number of rotatable bonds is 2. The number of fused-ring (bicyclic) bond motifs is 1. The Hall–Kier alpha value is -1.78. The second kappa shape index (κ2) is 4.72. The Labute approximate surface area is 109 Å². The molecule has 1 heterocycles. The van der Waals surface area contributed by atoms with Gasteiger partial charge in [0.15, 0.2) is 17.5 Å². The Kier molecular flexibility index (Phi) is 3.39. The molecule has 0 radical (unpaired) electrons. The summed E-state index contributed by atoms with van der Waals surface area (Å²) in [4.78, 5) is 4.09. The Morgan fingerprint density at radius 2 is 1.79 bits per heavy atom. The minimum atomic E-state index is -1.21.